The first kappa shape index (κ1) is 18.3. The molecule has 128 valence electrons. The molecule has 0 saturated heterocycles. The van der Waals surface area contributed by atoms with Crippen LogP contribution >= 0.6 is 0 Å². The van der Waals surface area contributed by atoms with E-state index in [2.05, 4.69) is 38.2 Å². The van der Waals surface area contributed by atoms with E-state index in [1.165, 1.54) is 89.0 Å². The van der Waals surface area contributed by atoms with E-state index >= 15 is 0 Å². The number of hydrogen-bond donors (Lipinski definition) is 0. The lowest BCUT2D eigenvalue weighted by molar-refractivity contribution is 0.627. The molecule has 0 aromatic carbocycles. The number of fused-ring (bicyclic) bond motifs is 1. The quantitative estimate of drug-likeness (QED) is 0.322. The minimum absolute atomic E-state index is 1.19. The minimum atomic E-state index is 1.19. The summed E-state index contributed by atoms with van der Waals surface area (Å²) in [6.45, 7) is 4.58. The highest BCUT2D eigenvalue weighted by Gasteiger charge is 2.17. The van der Waals surface area contributed by atoms with Crippen molar-refractivity contribution in [2.45, 2.75) is 97.3 Å². The summed E-state index contributed by atoms with van der Waals surface area (Å²) in [6.07, 6.45) is 27.3. The third kappa shape index (κ3) is 6.16. The van der Waals surface area contributed by atoms with Crippen molar-refractivity contribution < 1.29 is 0 Å². The molecule has 0 amide bonds. The van der Waals surface area contributed by atoms with E-state index in [0.29, 0.717) is 0 Å². The highest BCUT2D eigenvalue weighted by atomic mass is 14.2. The van der Waals surface area contributed by atoms with Gasteiger partial charge in [-0.1, -0.05) is 95.1 Å². The van der Waals surface area contributed by atoms with Gasteiger partial charge in [-0.05, 0) is 48.8 Å². The lowest BCUT2D eigenvalue weighted by Crippen LogP contribution is -1.97. The van der Waals surface area contributed by atoms with Gasteiger partial charge >= 0.3 is 0 Å². The van der Waals surface area contributed by atoms with Crippen molar-refractivity contribution in [2.75, 3.05) is 0 Å². The van der Waals surface area contributed by atoms with Crippen LogP contribution in [0.3, 0.4) is 0 Å². The fourth-order valence-electron chi connectivity index (χ4n) is 3.71. The first-order valence-electron chi connectivity index (χ1n) is 10.2. The van der Waals surface area contributed by atoms with Crippen molar-refractivity contribution in [1.82, 2.24) is 0 Å². The largest absolute Gasteiger partial charge is 0.0723 e. The number of rotatable bonds is 12. The molecule has 0 heterocycles. The third-order valence-corrected chi connectivity index (χ3v) is 5.20. The summed E-state index contributed by atoms with van der Waals surface area (Å²) >= 11 is 0. The maximum absolute atomic E-state index is 2.50. The molecule has 2 aliphatic carbocycles. The number of allylic oxidation sites excluding steroid dienone is 8. The molecule has 0 nitrogen and oxygen atoms in total. The van der Waals surface area contributed by atoms with E-state index in [4.69, 9.17) is 0 Å². The van der Waals surface area contributed by atoms with Crippen molar-refractivity contribution >= 4 is 0 Å². The van der Waals surface area contributed by atoms with Gasteiger partial charge in [0.2, 0.25) is 0 Å². The molecule has 0 N–H and O–H groups in total. The monoisotopic (exact) mass is 312 g/mol. The molecule has 0 atom stereocenters. The Kier molecular flexibility index (Phi) is 8.50. The SMILES string of the molecule is CCCCCCCC1=CC2=CC=C(CCCCCCC)C2=CC1. The Balaban J connectivity index is 1.68. The van der Waals surface area contributed by atoms with Crippen molar-refractivity contribution in [3.63, 3.8) is 0 Å². The second kappa shape index (κ2) is 10.7. The lowest BCUT2D eigenvalue weighted by atomic mass is 9.89. The molecular formula is C23H36. The molecule has 0 radical (unpaired) electrons. The van der Waals surface area contributed by atoms with E-state index in [1.807, 2.05) is 0 Å². The van der Waals surface area contributed by atoms with Gasteiger partial charge in [-0.3, -0.25) is 0 Å². The van der Waals surface area contributed by atoms with Gasteiger partial charge in [-0.25, -0.2) is 0 Å². The summed E-state index contributed by atoms with van der Waals surface area (Å²) in [5, 5.41) is 0. The fourth-order valence-corrected chi connectivity index (χ4v) is 3.71. The standard InChI is InChI=1S/C23H36/c1-3-5-7-9-11-13-20-15-18-23-21(16-17-22(23)19-20)14-12-10-8-6-4-2/h16-19H,3-15H2,1-2H3. The topological polar surface area (TPSA) is 0 Å². The molecule has 0 unspecified atom stereocenters. The van der Waals surface area contributed by atoms with Crippen LogP contribution in [0.4, 0.5) is 0 Å². The molecule has 2 aliphatic rings. The van der Waals surface area contributed by atoms with Crippen LogP contribution in [0.2, 0.25) is 0 Å². The summed E-state index contributed by atoms with van der Waals surface area (Å²) < 4.78 is 0. The summed E-state index contributed by atoms with van der Waals surface area (Å²) in [6, 6.07) is 0. The molecule has 2 rings (SSSR count). The van der Waals surface area contributed by atoms with E-state index in [1.54, 1.807) is 16.7 Å². The summed E-state index contributed by atoms with van der Waals surface area (Å²) in [5.41, 5.74) is 6.28. The van der Waals surface area contributed by atoms with Gasteiger partial charge in [-0.2, -0.15) is 0 Å². The van der Waals surface area contributed by atoms with Gasteiger partial charge in [0.05, 0.1) is 0 Å². The van der Waals surface area contributed by atoms with Gasteiger partial charge < -0.3 is 0 Å². The zero-order valence-corrected chi connectivity index (χ0v) is 15.5. The average Bonchev–Trinajstić information content (AvgIpc) is 2.97. The molecule has 0 saturated carbocycles. The summed E-state index contributed by atoms with van der Waals surface area (Å²) in [4.78, 5) is 0. The van der Waals surface area contributed by atoms with Crippen LogP contribution in [0, 0.1) is 0 Å². The highest BCUT2D eigenvalue weighted by Crippen LogP contribution is 2.36. The van der Waals surface area contributed by atoms with Crippen LogP contribution in [-0.2, 0) is 0 Å². The average molecular weight is 313 g/mol. The van der Waals surface area contributed by atoms with Crippen LogP contribution in [0.1, 0.15) is 97.3 Å². The first-order chi connectivity index (χ1) is 11.3. The number of unbranched alkanes of at least 4 members (excludes halogenated alkanes) is 8. The van der Waals surface area contributed by atoms with Gasteiger partial charge in [0.15, 0.2) is 0 Å². The van der Waals surface area contributed by atoms with Crippen LogP contribution in [-0.4, -0.2) is 0 Å². The Morgan fingerprint density at radius 3 is 2.09 bits per heavy atom. The highest BCUT2D eigenvalue weighted by molar-refractivity contribution is 5.62. The van der Waals surface area contributed by atoms with Crippen LogP contribution in [0.25, 0.3) is 0 Å². The third-order valence-electron chi connectivity index (χ3n) is 5.20. The Morgan fingerprint density at radius 2 is 1.39 bits per heavy atom. The lowest BCUT2D eigenvalue weighted by Gasteiger charge is -2.16. The van der Waals surface area contributed by atoms with Crippen LogP contribution in [0.5, 0.6) is 0 Å². The molecule has 0 aromatic heterocycles. The Hall–Kier alpha value is -1.04. The van der Waals surface area contributed by atoms with E-state index in [9.17, 15) is 0 Å². The second-order valence-electron chi connectivity index (χ2n) is 7.27. The summed E-state index contributed by atoms with van der Waals surface area (Å²) in [5.74, 6) is 0. The van der Waals surface area contributed by atoms with E-state index in [0.717, 1.165) is 0 Å². The molecule has 0 fully saturated rings. The van der Waals surface area contributed by atoms with E-state index in [-0.39, 0.29) is 0 Å². The predicted octanol–water partition coefficient (Wildman–Crippen LogP) is 7.83. The molecular weight excluding hydrogens is 276 g/mol. The van der Waals surface area contributed by atoms with Crippen LogP contribution in [0.15, 0.2) is 46.6 Å². The van der Waals surface area contributed by atoms with Crippen LogP contribution < -0.4 is 0 Å². The first-order valence-corrected chi connectivity index (χ1v) is 10.2. The van der Waals surface area contributed by atoms with Crippen molar-refractivity contribution in [2.24, 2.45) is 0 Å². The zero-order valence-electron chi connectivity index (χ0n) is 15.5. The maximum atomic E-state index is 2.50. The number of hydrogen-bond acceptors (Lipinski definition) is 0. The minimum Gasteiger partial charge on any atom is -0.0723 e. The fraction of sp³-hybridized carbons (Fsp3) is 0.652. The second-order valence-corrected chi connectivity index (χ2v) is 7.27. The molecule has 0 spiro atoms. The molecule has 0 aromatic rings. The van der Waals surface area contributed by atoms with Crippen molar-refractivity contribution in [3.05, 3.63) is 46.6 Å². The smallest absolute Gasteiger partial charge is 0.0126 e. The van der Waals surface area contributed by atoms with Crippen molar-refractivity contribution in [3.8, 4) is 0 Å². The van der Waals surface area contributed by atoms with Crippen molar-refractivity contribution in [1.29, 1.82) is 0 Å². The normalized spacial score (nSPS) is 16.6. The molecule has 0 heteroatoms. The zero-order chi connectivity index (χ0) is 16.3. The van der Waals surface area contributed by atoms with E-state index < -0.39 is 0 Å². The van der Waals surface area contributed by atoms with Gasteiger partial charge in [0, 0.05) is 0 Å². The van der Waals surface area contributed by atoms with Gasteiger partial charge in [0.25, 0.3) is 0 Å². The predicted molar refractivity (Wildman–Crippen MR) is 104 cm³/mol. The maximum Gasteiger partial charge on any atom is -0.0126 e. The Labute approximate surface area is 144 Å². The summed E-state index contributed by atoms with van der Waals surface area (Å²) in [7, 11) is 0. The Bertz CT molecular complexity index is 470. The molecule has 0 bridgehead atoms. The Morgan fingerprint density at radius 1 is 0.739 bits per heavy atom. The molecule has 23 heavy (non-hydrogen) atoms. The van der Waals surface area contributed by atoms with Gasteiger partial charge in [-0.15, -0.1) is 0 Å². The molecule has 0 aliphatic heterocycles. The van der Waals surface area contributed by atoms with Gasteiger partial charge in [0.1, 0.15) is 0 Å².